The number of benzene rings is 1. The molecule has 148 valence electrons. The van der Waals surface area contributed by atoms with Crippen molar-refractivity contribution >= 4 is 11.6 Å². The summed E-state index contributed by atoms with van der Waals surface area (Å²) in [5.41, 5.74) is 1.09. The van der Waals surface area contributed by atoms with E-state index >= 15 is 0 Å². The van der Waals surface area contributed by atoms with E-state index in [1.165, 1.54) is 5.57 Å². The quantitative estimate of drug-likeness (QED) is 0.715. The van der Waals surface area contributed by atoms with Crippen molar-refractivity contribution in [3.05, 3.63) is 42.0 Å². The maximum Gasteiger partial charge on any atom is 0.155 e. The molecule has 0 spiro atoms. The van der Waals surface area contributed by atoms with Gasteiger partial charge in [0.2, 0.25) is 0 Å². The second kappa shape index (κ2) is 6.30. The molecule has 1 aromatic rings. The van der Waals surface area contributed by atoms with Crippen LogP contribution in [0.3, 0.4) is 0 Å². The number of para-hydroxylation sites is 1. The highest BCUT2D eigenvalue weighted by atomic mass is 16.5. The number of ether oxygens (including phenoxy) is 1. The first-order chi connectivity index (χ1) is 13.4. The van der Waals surface area contributed by atoms with Crippen LogP contribution in [0, 0.1) is 28.6 Å². The number of rotatable bonds is 2. The van der Waals surface area contributed by atoms with Crippen LogP contribution in [0.15, 0.2) is 42.0 Å². The summed E-state index contributed by atoms with van der Waals surface area (Å²) in [6.45, 7) is 4.58. The Bertz CT molecular complexity index is 841. The lowest BCUT2D eigenvalue weighted by atomic mass is 9.47. The van der Waals surface area contributed by atoms with Crippen LogP contribution in [0.5, 0.6) is 5.75 Å². The van der Waals surface area contributed by atoms with Gasteiger partial charge in [-0.05, 0) is 79.1 Å². The summed E-state index contributed by atoms with van der Waals surface area (Å²) in [4.78, 5) is 25.0. The van der Waals surface area contributed by atoms with Crippen molar-refractivity contribution in [3.63, 3.8) is 0 Å². The van der Waals surface area contributed by atoms with Gasteiger partial charge < -0.3 is 4.74 Å². The summed E-state index contributed by atoms with van der Waals surface area (Å²) >= 11 is 0. The third kappa shape index (κ3) is 2.54. The number of ketones is 2. The molecule has 0 heterocycles. The van der Waals surface area contributed by atoms with E-state index in [9.17, 15) is 9.59 Å². The van der Waals surface area contributed by atoms with Gasteiger partial charge in [-0.1, -0.05) is 32.0 Å². The second-order valence-electron chi connectivity index (χ2n) is 9.93. The van der Waals surface area contributed by atoms with E-state index < -0.39 is 0 Å². The molecule has 6 atom stereocenters. The van der Waals surface area contributed by atoms with Gasteiger partial charge in [0, 0.05) is 18.3 Å². The van der Waals surface area contributed by atoms with Crippen molar-refractivity contribution in [2.45, 2.75) is 64.9 Å². The lowest BCUT2D eigenvalue weighted by Gasteiger charge is -2.58. The molecule has 0 aromatic heterocycles. The van der Waals surface area contributed by atoms with Gasteiger partial charge in [0.25, 0.3) is 0 Å². The number of Topliss-reactive ketones (excluding diaryl/α,β-unsaturated/α-hetero) is 1. The molecule has 0 amide bonds. The fraction of sp³-hybridized carbons (Fsp3) is 0.600. The molecule has 0 bridgehead atoms. The number of hydrogen-bond acceptors (Lipinski definition) is 3. The Kier molecular flexibility index (Phi) is 4.08. The third-order valence-electron chi connectivity index (χ3n) is 8.69. The van der Waals surface area contributed by atoms with Crippen LogP contribution < -0.4 is 4.74 Å². The number of fused-ring (bicyclic) bond motifs is 5. The molecule has 3 fully saturated rings. The normalized spacial score (nSPS) is 42.3. The van der Waals surface area contributed by atoms with Crippen LogP contribution in [-0.2, 0) is 9.59 Å². The standard InChI is InChI=1S/C25H30O3/c1-24-12-10-16(26)14-21(24)22(28-17-6-4-3-5-7-17)15-18-19-8-9-23(27)25(19,2)13-11-20(18)24/h3-7,14,18-20,22H,8-13,15H2,1-2H3/t18-,19-,20-,22-,24+,25-/m0/s1. The van der Waals surface area contributed by atoms with Gasteiger partial charge in [-0.25, -0.2) is 0 Å². The number of carbonyl (C=O) groups excluding carboxylic acids is 2. The molecule has 0 aliphatic heterocycles. The van der Waals surface area contributed by atoms with Gasteiger partial charge >= 0.3 is 0 Å². The molecule has 4 aliphatic rings. The predicted molar refractivity (Wildman–Crippen MR) is 108 cm³/mol. The molecule has 3 saturated carbocycles. The fourth-order valence-electron chi connectivity index (χ4n) is 7.13. The molecular weight excluding hydrogens is 348 g/mol. The van der Waals surface area contributed by atoms with E-state index in [0.29, 0.717) is 30.0 Å². The predicted octanol–water partition coefficient (Wildman–Crippen LogP) is 5.14. The minimum absolute atomic E-state index is 0.0171. The fourth-order valence-corrected chi connectivity index (χ4v) is 7.13. The first-order valence-electron chi connectivity index (χ1n) is 10.9. The molecule has 3 nitrogen and oxygen atoms in total. The smallest absolute Gasteiger partial charge is 0.155 e. The molecule has 0 radical (unpaired) electrons. The van der Waals surface area contributed by atoms with Crippen LogP contribution >= 0.6 is 0 Å². The largest absolute Gasteiger partial charge is 0.486 e. The molecule has 0 saturated heterocycles. The van der Waals surface area contributed by atoms with Crippen molar-refractivity contribution in [2.75, 3.05) is 0 Å². The Morgan fingerprint density at radius 1 is 0.929 bits per heavy atom. The lowest BCUT2D eigenvalue weighted by Crippen LogP contribution is -2.55. The van der Waals surface area contributed by atoms with Crippen LogP contribution in [-0.4, -0.2) is 17.7 Å². The van der Waals surface area contributed by atoms with Crippen LogP contribution in [0.1, 0.15) is 58.8 Å². The number of hydrogen-bond donors (Lipinski definition) is 0. The highest BCUT2D eigenvalue weighted by molar-refractivity contribution is 5.92. The van der Waals surface area contributed by atoms with Gasteiger partial charge in [0.1, 0.15) is 17.6 Å². The molecule has 0 N–H and O–H groups in total. The van der Waals surface area contributed by atoms with Crippen LogP contribution in [0.2, 0.25) is 0 Å². The van der Waals surface area contributed by atoms with E-state index in [4.69, 9.17) is 4.74 Å². The summed E-state index contributed by atoms with van der Waals surface area (Å²) in [5, 5.41) is 0. The zero-order valence-corrected chi connectivity index (χ0v) is 16.9. The van der Waals surface area contributed by atoms with Gasteiger partial charge in [-0.3, -0.25) is 9.59 Å². The Morgan fingerprint density at radius 2 is 1.68 bits per heavy atom. The van der Waals surface area contributed by atoms with Gasteiger partial charge in [-0.15, -0.1) is 0 Å². The molecule has 5 rings (SSSR count). The minimum Gasteiger partial charge on any atom is -0.486 e. The summed E-state index contributed by atoms with van der Waals surface area (Å²) in [6.07, 6.45) is 8.23. The molecule has 0 unspecified atom stereocenters. The Hall–Kier alpha value is -1.90. The van der Waals surface area contributed by atoms with E-state index in [1.54, 1.807) is 0 Å². The van der Waals surface area contributed by atoms with Gasteiger partial charge in [-0.2, -0.15) is 0 Å². The second-order valence-corrected chi connectivity index (χ2v) is 9.93. The van der Waals surface area contributed by atoms with Crippen molar-refractivity contribution in [2.24, 2.45) is 28.6 Å². The Labute approximate surface area is 167 Å². The molecule has 28 heavy (non-hydrogen) atoms. The topological polar surface area (TPSA) is 43.4 Å². The summed E-state index contributed by atoms with van der Waals surface area (Å²) in [6, 6.07) is 9.98. The van der Waals surface area contributed by atoms with Crippen LogP contribution in [0.4, 0.5) is 0 Å². The molecular formula is C25H30O3. The maximum absolute atomic E-state index is 12.7. The average Bonchev–Trinajstić information content (AvgIpc) is 2.99. The summed E-state index contributed by atoms with van der Waals surface area (Å²) in [7, 11) is 0. The minimum atomic E-state index is -0.138. The van der Waals surface area contributed by atoms with E-state index in [2.05, 4.69) is 13.8 Å². The van der Waals surface area contributed by atoms with Crippen molar-refractivity contribution in [1.82, 2.24) is 0 Å². The zero-order valence-electron chi connectivity index (χ0n) is 16.9. The monoisotopic (exact) mass is 378 g/mol. The average molecular weight is 379 g/mol. The van der Waals surface area contributed by atoms with Gasteiger partial charge in [0.15, 0.2) is 5.78 Å². The Balaban J connectivity index is 1.55. The van der Waals surface area contributed by atoms with Gasteiger partial charge in [0.05, 0.1) is 0 Å². The highest BCUT2D eigenvalue weighted by Crippen LogP contribution is 2.64. The van der Waals surface area contributed by atoms with Crippen molar-refractivity contribution < 1.29 is 14.3 Å². The maximum atomic E-state index is 12.7. The SMILES string of the molecule is C[C@]12CCC(=O)C=C1[C@@H](Oc1ccccc1)C[C@@H]1[C@@H]2CC[C@]2(C)C(=O)CC[C@@H]12. The molecule has 3 heteroatoms. The first-order valence-corrected chi connectivity index (χ1v) is 10.9. The zero-order chi connectivity index (χ0) is 19.5. The lowest BCUT2D eigenvalue weighted by molar-refractivity contribution is -0.134. The van der Waals surface area contributed by atoms with E-state index in [1.807, 2.05) is 36.4 Å². The first kappa shape index (κ1) is 18.1. The molecule has 4 aliphatic carbocycles. The van der Waals surface area contributed by atoms with Crippen LogP contribution in [0.25, 0.3) is 0 Å². The van der Waals surface area contributed by atoms with E-state index in [0.717, 1.165) is 44.3 Å². The van der Waals surface area contributed by atoms with E-state index in [-0.39, 0.29) is 22.7 Å². The van der Waals surface area contributed by atoms with Crippen molar-refractivity contribution in [3.8, 4) is 5.75 Å². The third-order valence-corrected chi connectivity index (χ3v) is 8.69. The Morgan fingerprint density at radius 3 is 2.46 bits per heavy atom. The van der Waals surface area contributed by atoms with Crippen molar-refractivity contribution in [1.29, 1.82) is 0 Å². The molecule has 1 aromatic carbocycles. The number of carbonyl (C=O) groups is 2. The summed E-state index contributed by atoms with van der Waals surface area (Å²) < 4.78 is 6.49. The summed E-state index contributed by atoms with van der Waals surface area (Å²) in [5.74, 6) is 3.12. The highest BCUT2D eigenvalue weighted by Gasteiger charge is 2.61.